The van der Waals surface area contributed by atoms with Gasteiger partial charge in [-0.1, -0.05) is 0 Å². The zero-order valence-electron chi connectivity index (χ0n) is 8.85. The molecular formula is C9H16N6. The van der Waals surface area contributed by atoms with Crippen LogP contribution >= 0.6 is 0 Å². The number of anilines is 3. The average molecular weight is 208 g/mol. The van der Waals surface area contributed by atoms with Crippen molar-refractivity contribution in [3.8, 4) is 0 Å². The molecule has 0 aromatic carbocycles. The fourth-order valence-corrected chi connectivity index (χ4v) is 1.69. The molecule has 1 aliphatic heterocycles. The monoisotopic (exact) mass is 208 g/mol. The van der Waals surface area contributed by atoms with Gasteiger partial charge in [0, 0.05) is 26.2 Å². The molecule has 0 saturated carbocycles. The van der Waals surface area contributed by atoms with E-state index in [-0.39, 0.29) is 5.95 Å². The van der Waals surface area contributed by atoms with Crippen molar-refractivity contribution in [1.29, 1.82) is 0 Å². The van der Waals surface area contributed by atoms with E-state index < -0.39 is 0 Å². The average Bonchev–Trinajstić information content (AvgIpc) is 2.20. The van der Waals surface area contributed by atoms with Gasteiger partial charge in [0.1, 0.15) is 0 Å². The molecule has 82 valence electrons. The zero-order chi connectivity index (χ0) is 10.8. The number of rotatable bonds is 1. The van der Waals surface area contributed by atoms with Gasteiger partial charge >= 0.3 is 0 Å². The fraction of sp³-hybridized carbons (Fsp3) is 0.556. The van der Waals surface area contributed by atoms with E-state index in [4.69, 9.17) is 11.5 Å². The Morgan fingerprint density at radius 2 is 1.87 bits per heavy atom. The second-order valence-electron chi connectivity index (χ2n) is 3.79. The third-order valence-electron chi connectivity index (χ3n) is 2.66. The Bertz CT molecular complexity index is 344. The van der Waals surface area contributed by atoms with Crippen molar-refractivity contribution in [2.24, 2.45) is 0 Å². The molecular weight excluding hydrogens is 192 g/mol. The predicted octanol–water partition coefficient (Wildman–Crippen LogP) is -0.607. The van der Waals surface area contributed by atoms with Crippen molar-refractivity contribution in [3.63, 3.8) is 0 Å². The molecule has 1 aromatic rings. The van der Waals surface area contributed by atoms with Gasteiger partial charge in [0.25, 0.3) is 0 Å². The maximum Gasteiger partial charge on any atom is 0.222 e. The molecule has 0 atom stereocenters. The lowest BCUT2D eigenvalue weighted by Gasteiger charge is -2.34. The standard InChI is InChI=1S/C9H16N6/c1-14-2-4-15(5-3-14)7-6-12-9(11)13-8(7)10/h6H,2-5H2,1H3,(H4,10,11,12,13). The lowest BCUT2D eigenvalue weighted by atomic mass is 10.3. The topological polar surface area (TPSA) is 84.3 Å². The number of piperazine rings is 1. The Kier molecular flexibility index (Phi) is 2.59. The normalized spacial score (nSPS) is 18.1. The van der Waals surface area contributed by atoms with Gasteiger partial charge in [-0.15, -0.1) is 0 Å². The molecule has 4 N–H and O–H groups in total. The fourth-order valence-electron chi connectivity index (χ4n) is 1.69. The molecule has 1 fully saturated rings. The number of nitrogens with two attached hydrogens (primary N) is 2. The molecule has 0 radical (unpaired) electrons. The highest BCUT2D eigenvalue weighted by Crippen LogP contribution is 2.21. The Morgan fingerprint density at radius 3 is 2.47 bits per heavy atom. The highest BCUT2D eigenvalue weighted by Gasteiger charge is 2.17. The van der Waals surface area contributed by atoms with Crippen molar-refractivity contribution >= 4 is 17.5 Å². The molecule has 0 aliphatic carbocycles. The molecule has 2 heterocycles. The molecule has 0 amide bonds. The first-order chi connectivity index (χ1) is 7.16. The van der Waals surface area contributed by atoms with Crippen molar-refractivity contribution in [3.05, 3.63) is 6.20 Å². The molecule has 1 saturated heterocycles. The smallest absolute Gasteiger partial charge is 0.222 e. The number of nitrogens with zero attached hydrogens (tertiary/aromatic N) is 4. The summed E-state index contributed by atoms with van der Waals surface area (Å²) < 4.78 is 0. The number of aromatic nitrogens is 2. The second kappa shape index (κ2) is 3.90. The van der Waals surface area contributed by atoms with Crippen LogP contribution in [0.2, 0.25) is 0 Å². The Balaban J connectivity index is 2.15. The van der Waals surface area contributed by atoms with Crippen molar-refractivity contribution in [1.82, 2.24) is 14.9 Å². The SMILES string of the molecule is CN1CCN(c2cnc(N)nc2N)CC1. The Morgan fingerprint density at radius 1 is 1.20 bits per heavy atom. The van der Waals surface area contributed by atoms with Crippen molar-refractivity contribution in [2.45, 2.75) is 0 Å². The summed E-state index contributed by atoms with van der Waals surface area (Å²) in [5.41, 5.74) is 12.1. The van der Waals surface area contributed by atoms with Gasteiger partial charge in [-0.3, -0.25) is 0 Å². The van der Waals surface area contributed by atoms with Crippen molar-refractivity contribution < 1.29 is 0 Å². The van der Waals surface area contributed by atoms with E-state index in [0.29, 0.717) is 5.82 Å². The van der Waals surface area contributed by atoms with Crippen LogP contribution < -0.4 is 16.4 Å². The molecule has 0 spiro atoms. The molecule has 1 aromatic heterocycles. The highest BCUT2D eigenvalue weighted by atomic mass is 15.3. The highest BCUT2D eigenvalue weighted by molar-refractivity contribution is 5.63. The van der Waals surface area contributed by atoms with Crippen LogP contribution in [0.5, 0.6) is 0 Å². The minimum Gasteiger partial charge on any atom is -0.382 e. The summed E-state index contributed by atoms with van der Waals surface area (Å²) in [4.78, 5) is 12.4. The van der Waals surface area contributed by atoms with E-state index in [1.165, 1.54) is 0 Å². The van der Waals surface area contributed by atoms with Gasteiger partial charge in [-0.25, -0.2) is 4.98 Å². The van der Waals surface area contributed by atoms with Crippen LogP contribution in [0, 0.1) is 0 Å². The zero-order valence-corrected chi connectivity index (χ0v) is 8.85. The van der Waals surface area contributed by atoms with Gasteiger partial charge in [-0.2, -0.15) is 4.98 Å². The van der Waals surface area contributed by atoms with Crippen LogP contribution in [-0.2, 0) is 0 Å². The van der Waals surface area contributed by atoms with E-state index in [0.717, 1.165) is 31.9 Å². The third kappa shape index (κ3) is 2.10. The second-order valence-corrected chi connectivity index (χ2v) is 3.79. The molecule has 1 aliphatic rings. The van der Waals surface area contributed by atoms with E-state index >= 15 is 0 Å². The van der Waals surface area contributed by atoms with Gasteiger partial charge in [-0.05, 0) is 7.05 Å². The summed E-state index contributed by atoms with van der Waals surface area (Å²) in [5.74, 6) is 0.692. The maximum atomic E-state index is 5.80. The van der Waals surface area contributed by atoms with Crippen LogP contribution in [0.15, 0.2) is 6.20 Å². The molecule has 6 nitrogen and oxygen atoms in total. The first-order valence-electron chi connectivity index (χ1n) is 4.98. The number of likely N-dealkylation sites (N-methyl/N-ethyl adjacent to an activating group) is 1. The largest absolute Gasteiger partial charge is 0.382 e. The van der Waals surface area contributed by atoms with Crippen LogP contribution in [0.3, 0.4) is 0 Å². The van der Waals surface area contributed by atoms with E-state index in [9.17, 15) is 0 Å². The number of hydrogen-bond donors (Lipinski definition) is 2. The first kappa shape index (κ1) is 9.97. The van der Waals surface area contributed by atoms with E-state index in [1.54, 1.807) is 6.20 Å². The van der Waals surface area contributed by atoms with Crippen molar-refractivity contribution in [2.75, 3.05) is 49.6 Å². The van der Waals surface area contributed by atoms with E-state index in [1.807, 2.05) is 0 Å². The number of hydrogen-bond acceptors (Lipinski definition) is 6. The van der Waals surface area contributed by atoms with Gasteiger partial charge < -0.3 is 21.3 Å². The molecule has 6 heteroatoms. The minimum absolute atomic E-state index is 0.227. The lowest BCUT2D eigenvalue weighted by Crippen LogP contribution is -2.44. The van der Waals surface area contributed by atoms with Gasteiger partial charge in [0.15, 0.2) is 5.82 Å². The predicted molar refractivity (Wildman–Crippen MR) is 60.6 cm³/mol. The van der Waals surface area contributed by atoms with Crippen LogP contribution in [0.25, 0.3) is 0 Å². The summed E-state index contributed by atoms with van der Waals surface area (Å²) in [6.45, 7) is 3.97. The lowest BCUT2D eigenvalue weighted by molar-refractivity contribution is 0.313. The minimum atomic E-state index is 0.227. The number of nitrogen functional groups attached to an aromatic ring is 2. The summed E-state index contributed by atoms with van der Waals surface area (Å²) in [5, 5.41) is 0. The molecule has 15 heavy (non-hydrogen) atoms. The maximum absolute atomic E-state index is 5.80. The van der Waals surface area contributed by atoms with Gasteiger partial charge in [0.2, 0.25) is 5.95 Å². The first-order valence-corrected chi connectivity index (χ1v) is 4.98. The van der Waals surface area contributed by atoms with Gasteiger partial charge in [0.05, 0.1) is 11.9 Å². The summed E-state index contributed by atoms with van der Waals surface area (Å²) in [7, 11) is 2.11. The Labute approximate surface area is 88.9 Å². The van der Waals surface area contributed by atoms with E-state index in [2.05, 4.69) is 26.8 Å². The summed E-state index contributed by atoms with van der Waals surface area (Å²) in [6, 6.07) is 0. The summed E-state index contributed by atoms with van der Waals surface area (Å²) >= 11 is 0. The molecule has 2 rings (SSSR count). The summed E-state index contributed by atoms with van der Waals surface area (Å²) in [6.07, 6.45) is 1.70. The van der Waals surface area contributed by atoms with Crippen LogP contribution in [-0.4, -0.2) is 48.1 Å². The molecule has 0 unspecified atom stereocenters. The molecule has 0 bridgehead atoms. The third-order valence-corrected chi connectivity index (χ3v) is 2.66. The van der Waals surface area contributed by atoms with Crippen LogP contribution in [0.4, 0.5) is 17.5 Å². The quantitative estimate of drug-likeness (QED) is 0.640. The van der Waals surface area contributed by atoms with Crippen LogP contribution in [0.1, 0.15) is 0 Å². The Hall–Kier alpha value is -1.56.